The minimum atomic E-state index is -1.85. The Morgan fingerprint density at radius 1 is 1.10 bits per heavy atom. The Morgan fingerprint density at radius 3 is 2.57 bits per heavy atom. The fourth-order valence-electron chi connectivity index (χ4n) is 3.12. The van der Waals surface area contributed by atoms with Crippen LogP contribution in [0.1, 0.15) is 16.7 Å². The van der Waals surface area contributed by atoms with Crippen molar-refractivity contribution in [3.8, 4) is 0 Å². The molecule has 0 saturated heterocycles. The molecule has 1 amide bonds. The number of fused-ring (bicyclic) bond motifs is 5. The van der Waals surface area contributed by atoms with Gasteiger partial charge in [0.2, 0.25) is 5.96 Å². The van der Waals surface area contributed by atoms with E-state index in [-0.39, 0.29) is 5.96 Å². The lowest BCUT2D eigenvalue weighted by Crippen LogP contribution is -2.51. The number of aliphatic hydroxyl groups is 1. The fourth-order valence-corrected chi connectivity index (χ4v) is 3.12. The molecular weight excluding hydrogens is 266 g/mol. The summed E-state index contributed by atoms with van der Waals surface area (Å²) >= 11 is 0. The molecule has 0 spiro atoms. The number of carbonyl (C=O) groups excluding carboxylic acids is 1. The number of anilines is 1. The molecule has 4 rings (SSSR count). The zero-order chi connectivity index (χ0) is 14.6. The zero-order valence-corrected chi connectivity index (χ0v) is 11.2. The lowest BCUT2D eigenvalue weighted by molar-refractivity contribution is -0.134. The first-order valence-electron chi connectivity index (χ1n) is 6.70. The monoisotopic (exact) mass is 279 g/mol. The van der Waals surface area contributed by atoms with Gasteiger partial charge in [-0.15, -0.1) is 0 Å². The maximum Gasteiger partial charge on any atom is 0.307 e. The molecule has 21 heavy (non-hydrogen) atoms. The maximum absolute atomic E-state index is 12.3. The minimum absolute atomic E-state index is 0.0200. The van der Waals surface area contributed by atoms with E-state index >= 15 is 0 Å². The molecule has 5 nitrogen and oxygen atoms in total. The van der Waals surface area contributed by atoms with E-state index in [2.05, 4.69) is 4.99 Å². The Morgan fingerprint density at radius 2 is 1.76 bits per heavy atom. The van der Waals surface area contributed by atoms with Gasteiger partial charge in [0, 0.05) is 5.56 Å². The highest BCUT2D eigenvalue weighted by molar-refractivity contribution is 6.15. The van der Waals surface area contributed by atoms with Gasteiger partial charge in [-0.2, -0.15) is 4.99 Å². The van der Waals surface area contributed by atoms with Crippen molar-refractivity contribution in [1.82, 2.24) is 0 Å². The summed E-state index contributed by atoms with van der Waals surface area (Å²) in [6.45, 7) is 0. The van der Waals surface area contributed by atoms with Crippen LogP contribution in [-0.4, -0.2) is 17.0 Å². The first-order valence-corrected chi connectivity index (χ1v) is 6.70. The second-order valence-electron chi connectivity index (χ2n) is 5.25. The second-order valence-corrected chi connectivity index (χ2v) is 5.25. The molecule has 0 aliphatic carbocycles. The van der Waals surface area contributed by atoms with Gasteiger partial charge in [-0.3, -0.25) is 9.69 Å². The first-order chi connectivity index (χ1) is 10.1. The molecular formula is C16H13N3O2. The Bertz CT molecular complexity index is 800. The van der Waals surface area contributed by atoms with Gasteiger partial charge < -0.3 is 10.8 Å². The Kier molecular flexibility index (Phi) is 2.26. The van der Waals surface area contributed by atoms with Gasteiger partial charge in [0.05, 0.1) is 5.69 Å². The number of guanidine groups is 1. The number of aliphatic imine (C=N–C) groups is 1. The predicted octanol–water partition coefficient (Wildman–Crippen LogP) is 1.10. The molecule has 0 radical (unpaired) electrons. The van der Waals surface area contributed by atoms with Crippen molar-refractivity contribution in [2.45, 2.75) is 12.1 Å². The minimum Gasteiger partial charge on any atom is -0.369 e. The first kappa shape index (κ1) is 12.1. The van der Waals surface area contributed by atoms with Crippen LogP contribution in [0.4, 0.5) is 5.69 Å². The van der Waals surface area contributed by atoms with E-state index in [4.69, 9.17) is 5.73 Å². The lowest BCUT2D eigenvalue weighted by atomic mass is 9.94. The smallest absolute Gasteiger partial charge is 0.307 e. The van der Waals surface area contributed by atoms with Crippen LogP contribution in [0.5, 0.6) is 0 Å². The molecule has 2 aliphatic rings. The summed E-state index contributed by atoms with van der Waals surface area (Å²) in [4.78, 5) is 17.5. The van der Waals surface area contributed by atoms with Crippen molar-refractivity contribution in [3.63, 3.8) is 0 Å². The lowest BCUT2D eigenvalue weighted by Gasteiger charge is -2.32. The standard InChI is InChI=1S/C16H13N3O2/c17-15-18-14(20)16(21)12-7-3-1-5-10(12)9-11-6-2-4-8-13(11)19(15)16/h1-8,21H,9H2,(H2,17,18,20). The molecule has 1 atom stereocenters. The van der Waals surface area contributed by atoms with E-state index in [9.17, 15) is 9.90 Å². The number of hydrogen-bond donors (Lipinski definition) is 2. The topological polar surface area (TPSA) is 78.9 Å². The molecule has 0 fully saturated rings. The number of amides is 1. The predicted molar refractivity (Wildman–Crippen MR) is 78.7 cm³/mol. The van der Waals surface area contributed by atoms with Gasteiger partial charge in [-0.05, 0) is 23.6 Å². The second kappa shape index (κ2) is 3.93. The van der Waals surface area contributed by atoms with Crippen molar-refractivity contribution in [2.24, 2.45) is 10.7 Å². The summed E-state index contributed by atoms with van der Waals surface area (Å²) < 4.78 is 0. The molecule has 5 heteroatoms. The van der Waals surface area contributed by atoms with E-state index < -0.39 is 11.6 Å². The summed E-state index contributed by atoms with van der Waals surface area (Å²) in [5.41, 5.74) is 7.19. The van der Waals surface area contributed by atoms with Crippen LogP contribution in [-0.2, 0) is 16.9 Å². The van der Waals surface area contributed by atoms with Gasteiger partial charge >= 0.3 is 5.91 Å². The van der Waals surface area contributed by atoms with Crippen LogP contribution in [0.3, 0.4) is 0 Å². The summed E-state index contributed by atoms with van der Waals surface area (Å²) in [5, 5.41) is 11.1. The third kappa shape index (κ3) is 1.43. The molecule has 0 bridgehead atoms. The summed E-state index contributed by atoms with van der Waals surface area (Å²) in [7, 11) is 0. The quantitative estimate of drug-likeness (QED) is 0.757. The van der Waals surface area contributed by atoms with Gasteiger partial charge in [0.25, 0.3) is 5.72 Å². The van der Waals surface area contributed by atoms with Gasteiger partial charge in [-0.25, -0.2) is 0 Å². The Hall–Kier alpha value is -2.66. The number of hydrogen-bond acceptors (Lipinski definition) is 4. The molecule has 104 valence electrons. The average molecular weight is 279 g/mol. The fraction of sp³-hybridized carbons (Fsp3) is 0.125. The molecule has 2 aromatic rings. The molecule has 1 unspecified atom stereocenters. The maximum atomic E-state index is 12.3. The van der Waals surface area contributed by atoms with Crippen LogP contribution < -0.4 is 10.6 Å². The third-order valence-electron chi connectivity index (χ3n) is 4.07. The van der Waals surface area contributed by atoms with E-state index in [1.807, 2.05) is 36.4 Å². The van der Waals surface area contributed by atoms with Crippen molar-refractivity contribution in [3.05, 3.63) is 65.2 Å². The van der Waals surface area contributed by atoms with Crippen LogP contribution in [0.15, 0.2) is 53.5 Å². The molecule has 2 aromatic carbocycles. The van der Waals surface area contributed by atoms with Crippen molar-refractivity contribution in [1.29, 1.82) is 0 Å². The Balaban J connectivity index is 2.09. The number of nitrogens with zero attached hydrogens (tertiary/aromatic N) is 2. The highest BCUT2D eigenvalue weighted by Crippen LogP contribution is 2.42. The van der Waals surface area contributed by atoms with E-state index in [1.54, 1.807) is 12.1 Å². The highest BCUT2D eigenvalue weighted by Gasteiger charge is 2.53. The zero-order valence-electron chi connectivity index (χ0n) is 11.2. The summed E-state index contributed by atoms with van der Waals surface area (Å²) in [5.74, 6) is -0.629. The molecule has 2 aliphatic heterocycles. The molecule has 0 aromatic heterocycles. The van der Waals surface area contributed by atoms with E-state index in [1.165, 1.54) is 4.90 Å². The van der Waals surface area contributed by atoms with Crippen LogP contribution in [0.25, 0.3) is 0 Å². The SMILES string of the molecule is NC1=NC(=O)C2(O)c3ccccc3Cc3ccccc3N12. The van der Waals surface area contributed by atoms with Gasteiger partial charge in [-0.1, -0.05) is 42.5 Å². The normalized spacial score (nSPS) is 23.0. The molecule has 3 N–H and O–H groups in total. The molecule has 2 heterocycles. The van der Waals surface area contributed by atoms with Crippen LogP contribution in [0, 0.1) is 0 Å². The Labute approximate surface area is 121 Å². The van der Waals surface area contributed by atoms with E-state index in [0.717, 1.165) is 11.1 Å². The number of para-hydroxylation sites is 1. The largest absolute Gasteiger partial charge is 0.369 e. The van der Waals surface area contributed by atoms with Crippen molar-refractivity contribution < 1.29 is 9.90 Å². The van der Waals surface area contributed by atoms with E-state index in [0.29, 0.717) is 17.7 Å². The third-order valence-corrected chi connectivity index (χ3v) is 4.07. The average Bonchev–Trinajstić information content (AvgIpc) is 2.65. The van der Waals surface area contributed by atoms with Gasteiger partial charge in [0.15, 0.2) is 0 Å². The highest BCUT2D eigenvalue weighted by atomic mass is 16.3. The number of benzene rings is 2. The number of carbonyl (C=O) groups is 1. The van der Waals surface area contributed by atoms with Crippen LogP contribution in [0.2, 0.25) is 0 Å². The summed E-state index contributed by atoms with van der Waals surface area (Å²) in [6, 6.07) is 14.9. The van der Waals surface area contributed by atoms with Crippen LogP contribution >= 0.6 is 0 Å². The summed E-state index contributed by atoms with van der Waals surface area (Å²) in [6.07, 6.45) is 0.631. The molecule has 0 saturated carbocycles. The number of nitrogens with two attached hydrogens (primary N) is 1. The van der Waals surface area contributed by atoms with Crippen molar-refractivity contribution >= 4 is 17.6 Å². The van der Waals surface area contributed by atoms with Crippen molar-refractivity contribution in [2.75, 3.05) is 4.90 Å². The number of rotatable bonds is 0. The van der Waals surface area contributed by atoms with Gasteiger partial charge in [0.1, 0.15) is 0 Å².